The predicted octanol–water partition coefficient (Wildman–Crippen LogP) is 1.57. The molecule has 5 heteroatoms. The average Bonchev–Trinajstić information content (AvgIpc) is 2.42. The summed E-state index contributed by atoms with van der Waals surface area (Å²) in [6.07, 6.45) is 4.11. The minimum absolute atomic E-state index is 0.104. The van der Waals surface area contributed by atoms with Crippen LogP contribution in [0, 0.1) is 5.92 Å². The van der Waals surface area contributed by atoms with Crippen molar-refractivity contribution >= 4 is 6.03 Å². The first-order valence-electron chi connectivity index (χ1n) is 7.92. The number of nitrogens with one attached hydrogen (secondary N) is 2. The van der Waals surface area contributed by atoms with Crippen LogP contribution in [-0.2, 0) is 0 Å². The lowest BCUT2D eigenvalue weighted by Crippen LogP contribution is -2.49. The van der Waals surface area contributed by atoms with E-state index in [-0.39, 0.29) is 18.7 Å². The molecule has 0 aromatic carbocycles. The topological polar surface area (TPSA) is 64.6 Å². The van der Waals surface area contributed by atoms with E-state index >= 15 is 0 Å². The molecule has 0 aromatic heterocycles. The summed E-state index contributed by atoms with van der Waals surface area (Å²) >= 11 is 0. The number of urea groups is 1. The van der Waals surface area contributed by atoms with Crippen molar-refractivity contribution in [3.8, 4) is 0 Å². The van der Waals surface area contributed by atoms with Crippen LogP contribution in [0.5, 0.6) is 0 Å². The molecule has 1 aliphatic rings. The van der Waals surface area contributed by atoms with E-state index in [2.05, 4.69) is 29.4 Å². The van der Waals surface area contributed by atoms with Gasteiger partial charge in [0, 0.05) is 31.8 Å². The molecule has 0 bridgehead atoms. The van der Waals surface area contributed by atoms with Crippen molar-refractivity contribution in [1.29, 1.82) is 0 Å². The number of hydrogen-bond acceptors (Lipinski definition) is 3. The van der Waals surface area contributed by atoms with Crippen LogP contribution in [0.15, 0.2) is 0 Å². The van der Waals surface area contributed by atoms with Crippen LogP contribution < -0.4 is 10.6 Å². The zero-order valence-corrected chi connectivity index (χ0v) is 13.2. The maximum atomic E-state index is 11.8. The molecule has 1 fully saturated rings. The largest absolute Gasteiger partial charge is 0.396 e. The SMILES string of the molecule is CC1CCCN(C(C)CNC(=O)NC(C)CCCO)C1. The summed E-state index contributed by atoms with van der Waals surface area (Å²) in [5.41, 5.74) is 0. The van der Waals surface area contributed by atoms with Gasteiger partial charge in [0.2, 0.25) is 0 Å². The van der Waals surface area contributed by atoms with E-state index in [1.807, 2.05) is 6.92 Å². The Morgan fingerprint density at radius 2 is 2.20 bits per heavy atom. The molecule has 3 atom stereocenters. The van der Waals surface area contributed by atoms with Crippen LogP contribution in [0.1, 0.15) is 46.5 Å². The number of hydrogen-bond donors (Lipinski definition) is 3. The number of amides is 2. The van der Waals surface area contributed by atoms with E-state index in [4.69, 9.17) is 5.11 Å². The Kier molecular flexibility index (Phi) is 7.92. The Morgan fingerprint density at radius 3 is 2.85 bits per heavy atom. The normalized spacial score (nSPS) is 23.1. The van der Waals surface area contributed by atoms with Crippen LogP contribution in [0.3, 0.4) is 0 Å². The molecule has 3 N–H and O–H groups in total. The number of nitrogens with zero attached hydrogens (tertiary/aromatic N) is 1. The fourth-order valence-corrected chi connectivity index (χ4v) is 2.74. The smallest absolute Gasteiger partial charge is 0.315 e. The molecule has 118 valence electrons. The van der Waals surface area contributed by atoms with Gasteiger partial charge in [-0.2, -0.15) is 0 Å². The lowest BCUT2D eigenvalue weighted by molar-refractivity contribution is 0.137. The molecule has 1 heterocycles. The van der Waals surface area contributed by atoms with Crippen molar-refractivity contribution in [2.75, 3.05) is 26.2 Å². The molecule has 1 aliphatic heterocycles. The fourth-order valence-electron chi connectivity index (χ4n) is 2.74. The van der Waals surface area contributed by atoms with E-state index in [9.17, 15) is 4.79 Å². The van der Waals surface area contributed by atoms with Gasteiger partial charge in [-0.15, -0.1) is 0 Å². The van der Waals surface area contributed by atoms with Gasteiger partial charge < -0.3 is 15.7 Å². The summed E-state index contributed by atoms with van der Waals surface area (Å²) < 4.78 is 0. The van der Waals surface area contributed by atoms with Crippen LogP contribution in [-0.4, -0.2) is 54.4 Å². The minimum Gasteiger partial charge on any atom is -0.396 e. The summed E-state index contributed by atoms with van der Waals surface area (Å²) in [5, 5.41) is 14.6. The summed E-state index contributed by atoms with van der Waals surface area (Å²) in [4.78, 5) is 14.2. The first kappa shape index (κ1) is 17.2. The van der Waals surface area contributed by atoms with Gasteiger partial charge in [-0.25, -0.2) is 4.79 Å². The first-order chi connectivity index (χ1) is 9.52. The Labute approximate surface area is 123 Å². The van der Waals surface area contributed by atoms with Crippen molar-refractivity contribution in [2.24, 2.45) is 5.92 Å². The second-order valence-electron chi connectivity index (χ2n) is 6.21. The molecular weight excluding hydrogens is 254 g/mol. The van der Waals surface area contributed by atoms with Gasteiger partial charge in [0.15, 0.2) is 0 Å². The van der Waals surface area contributed by atoms with Crippen LogP contribution in [0.4, 0.5) is 4.79 Å². The molecule has 1 saturated heterocycles. The van der Waals surface area contributed by atoms with E-state index in [1.54, 1.807) is 0 Å². The summed E-state index contributed by atoms with van der Waals surface area (Å²) in [6, 6.07) is 0.385. The lowest BCUT2D eigenvalue weighted by atomic mass is 9.99. The summed E-state index contributed by atoms with van der Waals surface area (Å²) in [6.45, 7) is 9.57. The number of aliphatic hydroxyl groups is 1. The number of carbonyl (C=O) groups is 1. The Bertz CT molecular complexity index is 286. The molecule has 0 spiro atoms. The van der Waals surface area contributed by atoms with Gasteiger partial charge >= 0.3 is 6.03 Å². The predicted molar refractivity (Wildman–Crippen MR) is 81.7 cm³/mol. The quantitative estimate of drug-likeness (QED) is 0.665. The van der Waals surface area contributed by atoms with Crippen molar-refractivity contribution in [3.63, 3.8) is 0 Å². The fraction of sp³-hybridized carbons (Fsp3) is 0.933. The first-order valence-corrected chi connectivity index (χ1v) is 7.92. The van der Waals surface area contributed by atoms with E-state index in [1.165, 1.54) is 12.8 Å². The third-order valence-corrected chi connectivity index (χ3v) is 4.04. The maximum Gasteiger partial charge on any atom is 0.315 e. The van der Waals surface area contributed by atoms with Crippen molar-refractivity contribution in [2.45, 2.75) is 58.5 Å². The molecule has 0 saturated carbocycles. The highest BCUT2D eigenvalue weighted by Crippen LogP contribution is 2.17. The molecule has 1 rings (SSSR count). The molecule has 0 aromatic rings. The summed E-state index contributed by atoms with van der Waals surface area (Å²) in [7, 11) is 0. The number of piperidine rings is 1. The van der Waals surface area contributed by atoms with Crippen LogP contribution >= 0.6 is 0 Å². The van der Waals surface area contributed by atoms with Gasteiger partial charge in [-0.3, -0.25) is 4.90 Å². The van der Waals surface area contributed by atoms with Gasteiger partial charge in [-0.1, -0.05) is 6.92 Å². The number of aliphatic hydroxyl groups excluding tert-OH is 1. The monoisotopic (exact) mass is 285 g/mol. The van der Waals surface area contributed by atoms with E-state index in [0.29, 0.717) is 12.6 Å². The van der Waals surface area contributed by atoms with E-state index in [0.717, 1.165) is 31.8 Å². The molecule has 2 amide bonds. The summed E-state index contributed by atoms with van der Waals surface area (Å²) in [5.74, 6) is 0.763. The lowest BCUT2D eigenvalue weighted by Gasteiger charge is -2.35. The van der Waals surface area contributed by atoms with Crippen molar-refractivity contribution in [3.05, 3.63) is 0 Å². The standard InChI is InChI=1S/C15H31N3O2/c1-12-6-4-8-18(11-12)14(3)10-16-15(20)17-13(2)7-5-9-19/h12-14,19H,4-11H2,1-3H3,(H2,16,17,20). The van der Waals surface area contributed by atoms with Gasteiger partial charge in [0.1, 0.15) is 0 Å². The Balaban J connectivity index is 2.19. The average molecular weight is 285 g/mol. The highest BCUT2D eigenvalue weighted by Gasteiger charge is 2.21. The zero-order chi connectivity index (χ0) is 15.0. The number of likely N-dealkylation sites (tertiary alicyclic amines) is 1. The zero-order valence-electron chi connectivity index (χ0n) is 13.2. The molecule has 0 radical (unpaired) electrons. The third-order valence-electron chi connectivity index (χ3n) is 4.04. The van der Waals surface area contributed by atoms with Crippen LogP contribution in [0.25, 0.3) is 0 Å². The Morgan fingerprint density at radius 1 is 1.45 bits per heavy atom. The molecule has 0 aliphatic carbocycles. The van der Waals surface area contributed by atoms with Gasteiger partial charge in [-0.05, 0) is 52.0 Å². The highest BCUT2D eigenvalue weighted by atomic mass is 16.3. The second-order valence-corrected chi connectivity index (χ2v) is 6.21. The number of carbonyl (C=O) groups excluding carboxylic acids is 1. The minimum atomic E-state index is -0.104. The molecule has 3 unspecified atom stereocenters. The molecule has 5 nitrogen and oxygen atoms in total. The Hall–Kier alpha value is -0.810. The molecule has 20 heavy (non-hydrogen) atoms. The highest BCUT2D eigenvalue weighted by molar-refractivity contribution is 5.74. The van der Waals surface area contributed by atoms with E-state index < -0.39 is 0 Å². The van der Waals surface area contributed by atoms with Gasteiger partial charge in [0.05, 0.1) is 0 Å². The van der Waals surface area contributed by atoms with Gasteiger partial charge in [0.25, 0.3) is 0 Å². The van der Waals surface area contributed by atoms with Crippen LogP contribution in [0.2, 0.25) is 0 Å². The number of rotatable bonds is 7. The maximum absolute atomic E-state index is 11.8. The third kappa shape index (κ3) is 6.57. The second kappa shape index (κ2) is 9.19. The van der Waals surface area contributed by atoms with Crippen molar-refractivity contribution < 1.29 is 9.90 Å². The van der Waals surface area contributed by atoms with Crippen molar-refractivity contribution in [1.82, 2.24) is 15.5 Å². The molecular formula is C15H31N3O2.